The van der Waals surface area contributed by atoms with E-state index in [4.69, 9.17) is 9.47 Å². The van der Waals surface area contributed by atoms with Crippen molar-refractivity contribution < 1.29 is 66.5 Å². The number of hydrogen-bond acceptors (Lipinski definition) is 3. The largest absolute Gasteiger partial charge is 0.489 e. The van der Waals surface area contributed by atoms with E-state index in [9.17, 15) is 39.5 Å². The number of aryl methyl sites for hydroxylation is 1. The third-order valence-corrected chi connectivity index (χ3v) is 14.5. The van der Waals surface area contributed by atoms with Crippen molar-refractivity contribution in [1.29, 1.82) is 0 Å². The maximum Gasteiger partial charge on any atom is 0.453 e. The third-order valence-electron chi connectivity index (χ3n) is 13.4. The first-order valence-electron chi connectivity index (χ1n) is 21.0. The highest BCUT2D eigenvalue weighted by Gasteiger charge is 2.79. The molecule has 0 N–H and O–H groups in total. The minimum atomic E-state index is -6.51. The molecule has 3 aliphatic carbocycles. The number of alkyl halides is 13. The number of ether oxygens (including phenoxy) is 2. The highest BCUT2D eigenvalue weighted by atomic mass is 32.2. The van der Waals surface area contributed by atoms with Gasteiger partial charge in [0.2, 0.25) is 0 Å². The van der Waals surface area contributed by atoms with Crippen LogP contribution < -0.4 is 4.74 Å². The second-order valence-electron chi connectivity index (χ2n) is 17.4. The van der Waals surface area contributed by atoms with Crippen molar-refractivity contribution >= 4 is 11.8 Å². The molecular formula is C46H51F13O2S. The average Bonchev–Trinajstić information content (AvgIpc) is 3.55. The van der Waals surface area contributed by atoms with Gasteiger partial charge in [-0.25, -0.2) is 0 Å². The van der Waals surface area contributed by atoms with Crippen LogP contribution in [0.3, 0.4) is 0 Å². The van der Waals surface area contributed by atoms with Crippen molar-refractivity contribution in [3.05, 3.63) is 101 Å². The van der Waals surface area contributed by atoms with Crippen molar-refractivity contribution in [3.63, 3.8) is 0 Å². The van der Waals surface area contributed by atoms with E-state index in [2.05, 4.69) is 6.92 Å². The van der Waals surface area contributed by atoms with Gasteiger partial charge in [0.15, 0.2) is 0 Å². The van der Waals surface area contributed by atoms with Crippen molar-refractivity contribution in [2.45, 2.75) is 139 Å². The predicted molar refractivity (Wildman–Crippen MR) is 212 cm³/mol. The lowest BCUT2D eigenvalue weighted by atomic mass is 9.51. The first kappa shape index (κ1) is 48.3. The Hall–Kier alpha value is -3.14. The lowest BCUT2D eigenvalue weighted by molar-refractivity contribution is -0.367. The quantitative estimate of drug-likeness (QED) is 0.0831. The average molecular weight is 915 g/mol. The van der Waals surface area contributed by atoms with E-state index in [-0.39, 0.29) is 48.0 Å². The Kier molecular flexibility index (Phi) is 14.6. The van der Waals surface area contributed by atoms with Gasteiger partial charge < -0.3 is 9.47 Å². The Labute approximate surface area is 357 Å². The van der Waals surface area contributed by atoms with Gasteiger partial charge in [-0.1, -0.05) is 73.7 Å². The van der Waals surface area contributed by atoms with E-state index < -0.39 is 84.8 Å². The molecule has 0 saturated heterocycles. The summed E-state index contributed by atoms with van der Waals surface area (Å²) in [7, 11) is 0. The van der Waals surface area contributed by atoms with Crippen molar-refractivity contribution in [3.8, 4) is 5.75 Å². The van der Waals surface area contributed by atoms with Crippen LogP contribution in [0.5, 0.6) is 5.75 Å². The van der Waals surface area contributed by atoms with Crippen LogP contribution in [0.15, 0.2) is 78.9 Å². The Bertz CT molecular complexity index is 1910. The first-order chi connectivity index (χ1) is 29.0. The molecule has 0 bridgehead atoms. The molecule has 0 spiro atoms. The Balaban J connectivity index is 1.15. The SMILES string of the molecule is C[C@]12C[C@H](CCCC(F)(F)C(F)(F)C(F)(F)C(F)(F)CCSCCCC(F)(F)C(F)(F)F)[C@@H]3c4ccc(OCc5ccccc5)cc4CC[C@H]3[C@@H]1CC[C@@H]2OCc1ccccc1. The summed E-state index contributed by atoms with van der Waals surface area (Å²) < 4.78 is 196. The van der Waals surface area contributed by atoms with E-state index in [0.717, 1.165) is 41.5 Å². The summed E-state index contributed by atoms with van der Waals surface area (Å²) in [6.45, 7) is 2.79. The van der Waals surface area contributed by atoms with Gasteiger partial charge in [-0.2, -0.15) is 68.8 Å². The monoisotopic (exact) mass is 914 g/mol. The van der Waals surface area contributed by atoms with Gasteiger partial charge in [0.25, 0.3) is 0 Å². The minimum Gasteiger partial charge on any atom is -0.489 e. The molecule has 0 amide bonds. The fourth-order valence-corrected chi connectivity index (χ4v) is 11.1. The second kappa shape index (κ2) is 18.8. The fraction of sp³-hybridized carbons (Fsp3) is 0.609. The van der Waals surface area contributed by atoms with E-state index in [0.29, 0.717) is 31.8 Å². The highest BCUT2D eigenvalue weighted by molar-refractivity contribution is 7.99. The summed E-state index contributed by atoms with van der Waals surface area (Å²) in [6.07, 6.45) is -9.62. The van der Waals surface area contributed by atoms with Gasteiger partial charge in [-0.3, -0.25) is 0 Å². The summed E-state index contributed by atoms with van der Waals surface area (Å²) in [6, 6.07) is 24.9. The molecular weight excluding hydrogens is 864 g/mol. The van der Waals surface area contributed by atoms with Gasteiger partial charge in [0.05, 0.1) is 12.7 Å². The lowest BCUT2D eigenvalue weighted by Gasteiger charge is -2.54. The van der Waals surface area contributed by atoms with E-state index in [1.54, 1.807) is 0 Å². The zero-order valence-electron chi connectivity index (χ0n) is 34.1. The molecule has 6 rings (SSSR count). The summed E-state index contributed by atoms with van der Waals surface area (Å²) in [5.74, 6) is -30.6. The molecule has 2 saturated carbocycles. The third kappa shape index (κ3) is 10.1. The molecule has 0 unspecified atom stereocenters. The molecule has 2 fully saturated rings. The number of halogens is 13. The van der Waals surface area contributed by atoms with Crippen molar-refractivity contribution in [2.24, 2.45) is 23.2 Å². The van der Waals surface area contributed by atoms with Crippen LogP contribution in [0.4, 0.5) is 57.1 Å². The Morgan fingerprint density at radius 3 is 1.87 bits per heavy atom. The molecule has 0 heterocycles. The van der Waals surface area contributed by atoms with Gasteiger partial charge >= 0.3 is 35.8 Å². The minimum absolute atomic E-state index is 0.0712. The fourth-order valence-electron chi connectivity index (χ4n) is 10.2. The van der Waals surface area contributed by atoms with Crippen LogP contribution in [0.25, 0.3) is 0 Å². The van der Waals surface area contributed by atoms with Gasteiger partial charge in [0, 0.05) is 19.3 Å². The van der Waals surface area contributed by atoms with Crippen LogP contribution >= 0.6 is 11.8 Å². The maximum atomic E-state index is 15.3. The predicted octanol–water partition coefficient (Wildman–Crippen LogP) is 14.7. The molecule has 3 aromatic rings. The van der Waals surface area contributed by atoms with E-state index >= 15 is 17.6 Å². The smallest absolute Gasteiger partial charge is 0.453 e. The summed E-state index contributed by atoms with van der Waals surface area (Å²) in [4.78, 5) is 0. The molecule has 344 valence electrons. The molecule has 0 aromatic heterocycles. The maximum absolute atomic E-state index is 15.3. The van der Waals surface area contributed by atoms with Crippen LogP contribution in [-0.4, -0.2) is 53.4 Å². The molecule has 6 atom stereocenters. The molecule has 0 radical (unpaired) electrons. The van der Waals surface area contributed by atoms with Gasteiger partial charge in [-0.15, -0.1) is 0 Å². The molecule has 3 aromatic carbocycles. The lowest BCUT2D eigenvalue weighted by Crippen LogP contribution is -2.62. The normalized spacial score (nSPS) is 24.6. The van der Waals surface area contributed by atoms with Gasteiger partial charge in [0.1, 0.15) is 12.4 Å². The Morgan fingerprint density at radius 1 is 0.645 bits per heavy atom. The summed E-state index contributed by atoms with van der Waals surface area (Å²) >= 11 is 0.247. The summed E-state index contributed by atoms with van der Waals surface area (Å²) in [5, 5.41) is 0. The Morgan fingerprint density at radius 2 is 1.24 bits per heavy atom. The van der Waals surface area contributed by atoms with Gasteiger partial charge in [-0.05, 0) is 126 Å². The summed E-state index contributed by atoms with van der Waals surface area (Å²) in [5.41, 5.74) is 3.52. The van der Waals surface area contributed by atoms with E-state index in [1.165, 1.54) is 0 Å². The standard InChI is InChI=1S/C46H51F13O2S/c1-40-27-33(14-8-21-41(47,48)44(53,54)45(55,56)42(49,50)23-25-62-24-9-22-43(51,52)46(57,58)59)39-35-18-16-34(60-28-30-10-4-2-5-11-30)26-32(35)15-17-36(39)37(40)19-20-38(40)61-29-31-12-6-3-7-13-31/h2-7,10-13,16,18,26,33,36-39H,8-9,14-15,17,19-25,27-29H2,1H3/t33-,36-,37-,38-,39+,40-/m0/s1. The zero-order valence-corrected chi connectivity index (χ0v) is 35.0. The first-order valence-corrected chi connectivity index (χ1v) is 22.1. The number of fused-ring (bicyclic) bond motifs is 5. The number of hydrogen-bond donors (Lipinski definition) is 0. The van der Waals surface area contributed by atoms with Crippen LogP contribution in [0.2, 0.25) is 0 Å². The molecule has 0 aliphatic heterocycles. The molecule has 3 aliphatic rings. The molecule has 62 heavy (non-hydrogen) atoms. The number of rotatable bonds is 20. The van der Waals surface area contributed by atoms with Crippen molar-refractivity contribution in [1.82, 2.24) is 0 Å². The highest BCUT2D eigenvalue weighted by Crippen LogP contribution is 2.65. The van der Waals surface area contributed by atoms with E-state index in [1.807, 2.05) is 78.9 Å². The topological polar surface area (TPSA) is 18.5 Å². The molecule has 16 heteroatoms. The van der Waals surface area contributed by atoms with Crippen LogP contribution in [-0.2, 0) is 24.4 Å². The van der Waals surface area contributed by atoms with Crippen LogP contribution in [0, 0.1) is 23.2 Å². The molecule has 2 nitrogen and oxygen atoms in total. The number of thioether (sulfide) groups is 1. The second-order valence-corrected chi connectivity index (χ2v) is 18.6. The number of benzene rings is 3. The van der Waals surface area contributed by atoms with Crippen molar-refractivity contribution in [2.75, 3.05) is 11.5 Å². The zero-order chi connectivity index (χ0) is 45.2. The van der Waals surface area contributed by atoms with Crippen LogP contribution in [0.1, 0.15) is 99.3 Å².